The van der Waals surface area contributed by atoms with Crippen LogP contribution in [0.2, 0.25) is 0 Å². The molecule has 20 heavy (non-hydrogen) atoms. The highest BCUT2D eigenvalue weighted by Gasteiger charge is 2.45. The zero-order valence-corrected chi connectivity index (χ0v) is 13.2. The molecule has 0 bridgehead atoms. The van der Waals surface area contributed by atoms with E-state index in [-0.39, 0.29) is 23.2 Å². The van der Waals surface area contributed by atoms with E-state index < -0.39 is 12.0 Å². The Bertz CT molecular complexity index is 389. The number of nitrogens with one attached hydrogen (secondary N) is 1. The molecule has 6 heteroatoms. The first-order chi connectivity index (χ1) is 9.41. The Morgan fingerprint density at radius 2 is 2.10 bits per heavy atom. The summed E-state index contributed by atoms with van der Waals surface area (Å²) in [6, 6.07) is -0.903. The fourth-order valence-corrected chi connectivity index (χ4v) is 4.47. The van der Waals surface area contributed by atoms with Crippen LogP contribution in [0.4, 0.5) is 0 Å². The number of thioether (sulfide) groups is 1. The van der Waals surface area contributed by atoms with Crippen LogP contribution in [-0.2, 0) is 9.59 Å². The van der Waals surface area contributed by atoms with E-state index >= 15 is 0 Å². The molecule has 1 amide bonds. The first-order valence-electron chi connectivity index (χ1n) is 7.31. The van der Waals surface area contributed by atoms with Crippen LogP contribution in [0.15, 0.2) is 0 Å². The second kappa shape index (κ2) is 6.35. The number of hydrogen-bond donors (Lipinski definition) is 2. The van der Waals surface area contributed by atoms with Gasteiger partial charge in [-0.2, -0.15) is 0 Å². The quantitative estimate of drug-likeness (QED) is 0.824. The average molecular weight is 300 g/mol. The van der Waals surface area contributed by atoms with Gasteiger partial charge in [-0.25, -0.2) is 4.79 Å². The van der Waals surface area contributed by atoms with E-state index in [1.807, 2.05) is 13.8 Å². The molecule has 2 aliphatic rings. The van der Waals surface area contributed by atoms with Crippen molar-refractivity contribution < 1.29 is 14.7 Å². The number of hydrogen-bond acceptors (Lipinski definition) is 4. The Balaban J connectivity index is 2.16. The minimum Gasteiger partial charge on any atom is -0.480 e. The molecule has 0 radical (unpaired) electrons. The first kappa shape index (κ1) is 15.6. The molecule has 0 aromatic heterocycles. The van der Waals surface area contributed by atoms with Crippen LogP contribution in [0.1, 0.15) is 33.6 Å². The lowest BCUT2D eigenvalue weighted by atomic mass is 9.93. The van der Waals surface area contributed by atoms with E-state index in [4.69, 9.17) is 0 Å². The second-order valence-electron chi connectivity index (χ2n) is 6.20. The number of aliphatic carboxylic acids is 1. The van der Waals surface area contributed by atoms with Crippen LogP contribution in [0.5, 0.6) is 0 Å². The van der Waals surface area contributed by atoms with Crippen LogP contribution >= 0.6 is 11.8 Å². The van der Waals surface area contributed by atoms with Crippen LogP contribution in [0, 0.1) is 11.8 Å². The van der Waals surface area contributed by atoms with Crippen LogP contribution in [-0.4, -0.2) is 51.6 Å². The molecule has 0 aromatic carbocycles. The van der Waals surface area contributed by atoms with Gasteiger partial charge in [-0.3, -0.25) is 4.79 Å². The molecule has 0 saturated carbocycles. The highest BCUT2D eigenvalue weighted by Crippen LogP contribution is 2.35. The number of nitrogens with zero attached hydrogens (tertiary/aromatic N) is 1. The summed E-state index contributed by atoms with van der Waals surface area (Å²) in [7, 11) is 0. The van der Waals surface area contributed by atoms with E-state index in [2.05, 4.69) is 12.2 Å². The van der Waals surface area contributed by atoms with Crippen molar-refractivity contribution in [1.82, 2.24) is 10.2 Å². The molecular formula is C14H24N2O3S. The van der Waals surface area contributed by atoms with Gasteiger partial charge >= 0.3 is 5.97 Å². The molecule has 2 rings (SSSR count). The van der Waals surface area contributed by atoms with E-state index in [9.17, 15) is 14.7 Å². The summed E-state index contributed by atoms with van der Waals surface area (Å²) >= 11 is 1.58. The van der Waals surface area contributed by atoms with Crippen molar-refractivity contribution in [3.63, 3.8) is 0 Å². The number of carbonyl (C=O) groups is 2. The average Bonchev–Trinajstić information content (AvgIpc) is 2.82. The smallest absolute Gasteiger partial charge is 0.327 e. The van der Waals surface area contributed by atoms with Crippen molar-refractivity contribution in [1.29, 1.82) is 0 Å². The lowest BCUT2D eigenvalue weighted by molar-refractivity contribution is -0.150. The van der Waals surface area contributed by atoms with Crippen LogP contribution in [0.25, 0.3) is 0 Å². The van der Waals surface area contributed by atoms with Crippen molar-refractivity contribution in [2.45, 2.75) is 51.1 Å². The molecule has 2 aliphatic heterocycles. The summed E-state index contributed by atoms with van der Waals surface area (Å²) in [5.41, 5.74) is 0. The maximum absolute atomic E-state index is 12.8. The zero-order valence-electron chi connectivity index (χ0n) is 12.3. The summed E-state index contributed by atoms with van der Waals surface area (Å²) in [6.07, 6.45) is 1.88. The highest BCUT2D eigenvalue weighted by molar-refractivity contribution is 8.00. The maximum atomic E-state index is 12.8. The summed E-state index contributed by atoms with van der Waals surface area (Å²) in [5.74, 6) is 0.340. The third-order valence-corrected chi connectivity index (χ3v) is 5.73. The topological polar surface area (TPSA) is 69.6 Å². The normalized spacial score (nSPS) is 34.5. The van der Waals surface area contributed by atoms with Gasteiger partial charge in [0.05, 0.1) is 11.4 Å². The lowest BCUT2D eigenvalue weighted by Crippen LogP contribution is -2.56. The molecule has 2 N–H and O–H groups in total. The van der Waals surface area contributed by atoms with Crippen molar-refractivity contribution in [3.8, 4) is 0 Å². The van der Waals surface area contributed by atoms with Gasteiger partial charge in [0.2, 0.25) is 5.91 Å². The predicted octanol–water partition coefficient (Wildman–Crippen LogP) is 1.39. The third-order valence-electron chi connectivity index (χ3n) is 4.11. The Labute approximate surface area is 124 Å². The van der Waals surface area contributed by atoms with E-state index in [0.29, 0.717) is 11.7 Å². The fraction of sp³-hybridized carbons (Fsp3) is 0.857. The number of carboxylic acids is 1. The lowest BCUT2D eigenvalue weighted by Gasteiger charge is -2.35. The molecule has 2 heterocycles. The first-order valence-corrected chi connectivity index (χ1v) is 8.36. The van der Waals surface area contributed by atoms with Crippen molar-refractivity contribution >= 4 is 23.6 Å². The van der Waals surface area contributed by atoms with E-state index in [1.165, 1.54) is 0 Å². The Morgan fingerprint density at radius 1 is 1.40 bits per heavy atom. The fourth-order valence-electron chi connectivity index (χ4n) is 2.99. The highest BCUT2D eigenvalue weighted by atomic mass is 32.2. The van der Waals surface area contributed by atoms with Gasteiger partial charge in [-0.05, 0) is 31.2 Å². The van der Waals surface area contributed by atoms with Crippen LogP contribution in [0.3, 0.4) is 0 Å². The van der Waals surface area contributed by atoms with Gasteiger partial charge in [0.1, 0.15) is 6.04 Å². The number of rotatable bonds is 3. The van der Waals surface area contributed by atoms with Gasteiger partial charge in [-0.1, -0.05) is 20.8 Å². The summed E-state index contributed by atoms with van der Waals surface area (Å²) in [4.78, 5) is 25.8. The number of carboxylic acid groups (broad SMARTS) is 1. The molecule has 4 unspecified atom stereocenters. The van der Waals surface area contributed by atoms with Gasteiger partial charge in [0, 0.05) is 5.75 Å². The number of carbonyl (C=O) groups excluding carboxylic acids is 1. The summed E-state index contributed by atoms with van der Waals surface area (Å²) in [5, 5.41) is 12.6. The van der Waals surface area contributed by atoms with Gasteiger partial charge in [0.15, 0.2) is 0 Å². The monoisotopic (exact) mass is 300 g/mol. The Kier molecular flexibility index (Phi) is 4.96. The zero-order chi connectivity index (χ0) is 14.9. The molecule has 0 spiro atoms. The molecular weight excluding hydrogens is 276 g/mol. The predicted molar refractivity (Wildman–Crippen MR) is 79.5 cm³/mol. The van der Waals surface area contributed by atoms with Crippen LogP contribution < -0.4 is 5.32 Å². The van der Waals surface area contributed by atoms with Gasteiger partial charge in [0.25, 0.3) is 0 Å². The van der Waals surface area contributed by atoms with E-state index in [1.54, 1.807) is 16.7 Å². The summed E-state index contributed by atoms with van der Waals surface area (Å²) in [6.45, 7) is 7.06. The van der Waals surface area contributed by atoms with Gasteiger partial charge in [-0.15, -0.1) is 11.8 Å². The van der Waals surface area contributed by atoms with Crippen molar-refractivity contribution in [2.75, 3.05) is 12.3 Å². The number of piperidine rings is 1. The minimum absolute atomic E-state index is 0.0253. The van der Waals surface area contributed by atoms with Crippen molar-refractivity contribution in [2.24, 2.45) is 11.8 Å². The molecule has 0 aliphatic carbocycles. The van der Waals surface area contributed by atoms with Crippen molar-refractivity contribution in [3.05, 3.63) is 0 Å². The molecule has 2 fully saturated rings. The Morgan fingerprint density at radius 3 is 2.65 bits per heavy atom. The van der Waals surface area contributed by atoms with E-state index in [0.717, 1.165) is 19.4 Å². The minimum atomic E-state index is -0.891. The maximum Gasteiger partial charge on any atom is 0.327 e. The third kappa shape index (κ3) is 3.11. The number of amides is 1. The molecule has 2 saturated heterocycles. The Hall–Kier alpha value is -0.750. The largest absolute Gasteiger partial charge is 0.480 e. The molecule has 114 valence electrons. The molecule has 0 aromatic rings. The second-order valence-corrected chi connectivity index (χ2v) is 7.35. The summed E-state index contributed by atoms with van der Waals surface area (Å²) < 4.78 is 0. The standard InChI is InChI=1S/C14H24N2O3S/c1-8(2)13-16(11(7-20-13)14(18)19)12(17)10-6-9(3)4-5-15-10/h8-11,13,15H,4-7H2,1-3H3,(H,18,19). The SMILES string of the molecule is CC1CCNC(C(=O)N2C(C(=O)O)CSC2C(C)C)C1. The molecule has 4 atom stereocenters. The van der Waals surface area contributed by atoms with Gasteiger partial charge < -0.3 is 15.3 Å². The molecule has 5 nitrogen and oxygen atoms in total.